The minimum atomic E-state index is -3.05. The number of rotatable bonds is 5. The van der Waals surface area contributed by atoms with Crippen LogP contribution in [0.3, 0.4) is 0 Å². The van der Waals surface area contributed by atoms with E-state index in [2.05, 4.69) is 10.3 Å². The molecule has 1 fully saturated rings. The lowest BCUT2D eigenvalue weighted by Crippen LogP contribution is -2.26. The number of nitrogens with zero attached hydrogens (tertiary/aromatic N) is 1. The Bertz CT molecular complexity index is 449. The second-order valence-corrected chi connectivity index (χ2v) is 6.38. The van der Waals surface area contributed by atoms with Crippen molar-refractivity contribution in [3.05, 3.63) is 29.6 Å². The van der Waals surface area contributed by atoms with Crippen molar-refractivity contribution in [3.8, 4) is 0 Å². The van der Waals surface area contributed by atoms with Crippen molar-refractivity contribution in [1.29, 1.82) is 0 Å². The highest BCUT2D eigenvalue weighted by molar-refractivity contribution is 7.90. The minimum Gasteiger partial charge on any atom is -0.301 e. The molecule has 1 aliphatic rings. The summed E-state index contributed by atoms with van der Waals surface area (Å²) in [5.41, 5.74) is 1.65. The van der Waals surface area contributed by atoms with Gasteiger partial charge in [0, 0.05) is 17.9 Å². The molecule has 0 radical (unpaired) electrons. The lowest BCUT2D eigenvalue weighted by atomic mass is 10.3. The normalized spacial score (nSPS) is 16.3. The average molecular weight is 240 g/mol. The van der Waals surface area contributed by atoms with Crippen LogP contribution in [0.2, 0.25) is 0 Å². The number of pyridine rings is 1. The van der Waals surface area contributed by atoms with E-state index in [9.17, 15) is 8.42 Å². The van der Waals surface area contributed by atoms with E-state index < -0.39 is 9.84 Å². The average Bonchev–Trinajstić information content (AvgIpc) is 3.02. The van der Waals surface area contributed by atoms with Crippen molar-refractivity contribution in [2.24, 2.45) is 0 Å². The number of sulfone groups is 1. The second-order valence-electron chi connectivity index (χ2n) is 4.32. The Labute approximate surface area is 96.0 Å². The lowest BCUT2D eigenvalue weighted by molar-refractivity contribution is 0.585. The second kappa shape index (κ2) is 4.51. The first-order valence-corrected chi connectivity index (χ1v) is 7.23. The highest BCUT2D eigenvalue weighted by Crippen LogP contribution is 2.18. The summed E-state index contributed by atoms with van der Waals surface area (Å²) in [5, 5.41) is 3.02. The van der Waals surface area contributed by atoms with E-state index in [1.54, 1.807) is 6.20 Å². The van der Waals surface area contributed by atoms with Crippen molar-refractivity contribution >= 4 is 9.84 Å². The molecule has 0 bridgehead atoms. The van der Waals surface area contributed by atoms with Crippen LogP contribution >= 0.6 is 0 Å². The van der Waals surface area contributed by atoms with Gasteiger partial charge in [-0.1, -0.05) is 6.07 Å². The van der Waals surface area contributed by atoms with Crippen molar-refractivity contribution in [1.82, 2.24) is 10.3 Å². The maximum atomic E-state index is 11.7. The molecule has 0 unspecified atom stereocenters. The zero-order valence-corrected chi connectivity index (χ0v) is 10.1. The molecular formula is C11H16N2O2S. The molecule has 1 aromatic rings. The van der Waals surface area contributed by atoms with E-state index in [1.165, 1.54) is 0 Å². The molecule has 2 rings (SSSR count). The van der Waals surface area contributed by atoms with E-state index in [-0.39, 0.29) is 11.6 Å². The standard InChI is InChI=1S/C11H16N2O2S/c1-9-2-3-10(6-12-9)7-16(14,15)8-13-11-4-5-11/h2-3,6,11,13H,4-5,7-8H2,1H3. The topological polar surface area (TPSA) is 59.1 Å². The SMILES string of the molecule is Cc1ccc(CS(=O)(=O)CNC2CC2)cn1. The molecule has 0 aliphatic heterocycles. The van der Waals surface area contributed by atoms with Crippen LogP contribution in [0.4, 0.5) is 0 Å². The van der Waals surface area contributed by atoms with E-state index in [4.69, 9.17) is 0 Å². The van der Waals surface area contributed by atoms with Crippen LogP contribution in [-0.4, -0.2) is 25.3 Å². The van der Waals surface area contributed by atoms with Gasteiger partial charge in [0.2, 0.25) is 0 Å². The molecule has 0 aromatic carbocycles. The van der Waals surface area contributed by atoms with Crippen molar-refractivity contribution in [2.75, 3.05) is 5.88 Å². The largest absolute Gasteiger partial charge is 0.301 e. The van der Waals surface area contributed by atoms with Gasteiger partial charge in [-0.05, 0) is 31.4 Å². The van der Waals surface area contributed by atoms with Gasteiger partial charge >= 0.3 is 0 Å². The van der Waals surface area contributed by atoms with Crippen LogP contribution in [0, 0.1) is 6.92 Å². The van der Waals surface area contributed by atoms with E-state index in [0.717, 1.165) is 24.1 Å². The quantitative estimate of drug-likeness (QED) is 0.834. The molecule has 88 valence electrons. The molecule has 16 heavy (non-hydrogen) atoms. The van der Waals surface area contributed by atoms with Crippen LogP contribution in [-0.2, 0) is 15.6 Å². The van der Waals surface area contributed by atoms with Gasteiger partial charge in [-0.25, -0.2) is 8.42 Å². The fraction of sp³-hybridized carbons (Fsp3) is 0.545. The molecule has 1 aromatic heterocycles. The van der Waals surface area contributed by atoms with Gasteiger partial charge in [-0.3, -0.25) is 4.98 Å². The van der Waals surface area contributed by atoms with Gasteiger partial charge in [-0.15, -0.1) is 0 Å². The summed E-state index contributed by atoms with van der Waals surface area (Å²) in [4.78, 5) is 4.09. The molecule has 1 aliphatic carbocycles. The molecule has 4 nitrogen and oxygen atoms in total. The molecule has 1 heterocycles. The summed E-state index contributed by atoms with van der Waals surface area (Å²) in [6.07, 6.45) is 3.83. The molecule has 0 saturated heterocycles. The monoisotopic (exact) mass is 240 g/mol. The zero-order chi connectivity index (χ0) is 11.6. The van der Waals surface area contributed by atoms with E-state index in [0.29, 0.717) is 6.04 Å². The van der Waals surface area contributed by atoms with Gasteiger partial charge in [0.25, 0.3) is 0 Å². The third-order valence-corrected chi connectivity index (χ3v) is 3.91. The predicted molar refractivity (Wildman–Crippen MR) is 62.6 cm³/mol. The van der Waals surface area contributed by atoms with E-state index in [1.807, 2.05) is 19.1 Å². The van der Waals surface area contributed by atoms with Crippen LogP contribution in [0.25, 0.3) is 0 Å². The van der Waals surface area contributed by atoms with Gasteiger partial charge < -0.3 is 5.32 Å². The van der Waals surface area contributed by atoms with Crippen LogP contribution < -0.4 is 5.32 Å². The highest BCUT2D eigenvalue weighted by Gasteiger charge is 2.23. The Balaban J connectivity index is 1.93. The number of aryl methyl sites for hydroxylation is 1. The summed E-state index contributed by atoms with van der Waals surface area (Å²) in [6.45, 7) is 1.88. The summed E-state index contributed by atoms with van der Waals surface area (Å²) >= 11 is 0. The first-order chi connectivity index (χ1) is 7.55. The van der Waals surface area contributed by atoms with Crippen LogP contribution in [0.5, 0.6) is 0 Å². The highest BCUT2D eigenvalue weighted by atomic mass is 32.2. The third kappa shape index (κ3) is 3.57. The van der Waals surface area contributed by atoms with Crippen molar-refractivity contribution in [3.63, 3.8) is 0 Å². The Kier molecular flexibility index (Phi) is 3.25. The summed E-state index contributed by atoms with van der Waals surface area (Å²) < 4.78 is 23.5. The maximum Gasteiger partial charge on any atom is 0.167 e. The molecule has 1 N–H and O–H groups in total. The predicted octanol–water partition coefficient (Wildman–Crippen LogP) is 1.01. The molecule has 0 spiro atoms. The molecule has 1 saturated carbocycles. The Morgan fingerprint density at radius 1 is 1.44 bits per heavy atom. The van der Waals surface area contributed by atoms with Gasteiger partial charge in [0.1, 0.15) is 0 Å². The zero-order valence-electron chi connectivity index (χ0n) is 9.31. The summed E-state index contributed by atoms with van der Waals surface area (Å²) in [5.74, 6) is 0.144. The first-order valence-electron chi connectivity index (χ1n) is 5.40. The van der Waals surface area contributed by atoms with Crippen molar-refractivity contribution < 1.29 is 8.42 Å². The summed E-state index contributed by atoms with van der Waals surface area (Å²) in [6, 6.07) is 4.07. The third-order valence-electron chi connectivity index (χ3n) is 2.53. The fourth-order valence-electron chi connectivity index (χ4n) is 1.42. The number of hydrogen-bond acceptors (Lipinski definition) is 4. The molecule has 0 amide bonds. The minimum absolute atomic E-state index is 0.0694. The van der Waals surface area contributed by atoms with Crippen molar-refractivity contribution in [2.45, 2.75) is 31.6 Å². The van der Waals surface area contributed by atoms with Gasteiger partial charge in [0.05, 0.1) is 11.6 Å². The van der Waals surface area contributed by atoms with Gasteiger partial charge in [0.15, 0.2) is 9.84 Å². The lowest BCUT2D eigenvalue weighted by Gasteiger charge is -2.05. The smallest absolute Gasteiger partial charge is 0.167 e. The van der Waals surface area contributed by atoms with Crippen LogP contribution in [0.15, 0.2) is 18.3 Å². The van der Waals surface area contributed by atoms with Crippen LogP contribution in [0.1, 0.15) is 24.1 Å². The maximum absolute atomic E-state index is 11.7. The number of aromatic nitrogens is 1. The fourth-order valence-corrected chi connectivity index (χ4v) is 2.69. The van der Waals surface area contributed by atoms with E-state index >= 15 is 0 Å². The molecule has 5 heteroatoms. The summed E-state index contributed by atoms with van der Waals surface area (Å²) in [7, 11) is -3.05. The molecule has 0 atom stereocenters. The first kappa shape index (κ1) is 11.5. The molecular weight excluding hydrogens is 224 g/mol. The Hall–Kier alpha value is -0.940. The number of hydrogen-bond donors (Lipinski definition) is 1. The number of nitrogens with one attached hydrogen (secondary N) is 1. The Morgan fingerprint density at radius 3 is 2.75 bits per heavy atom. The Morgan fingerprint density at radius 2 is 2.19 bits per heavy atom. The van der Waals surface area contributed by atoms with Gasteiger partial charge in [-0.2, -0.15) is 0 Å².